The van der Waals surface area contributed by atoms with E-state index in [1.54, 1.807) is 6.20 Å². The lowest BCUT2D eigenvalue weighted by atomic mass is 9.92. The van der Waals surface area contributed by atoms with Crippen LogP contribution in [0.5, 0.6) is 0 Å². The van der Waals surface area contributed by atoms with Gasteiger partial charge in [0.25, 0.3) is 5.91 Å². The summed E-state index contributed by atoms with van der Waals surface area (Å²) in [4.78, 5) is 15.0. The van der Waals surface area contributed by atoms with E-state index in [4.69, 9.17) is 0 Å². The molecule has 2 saturated heterocycles. The second kappa shape index (κ2) is 6.16. The zero-order chi connectivity index (χ0) is 15.6. The number of H-pyrrole nitrogens is 1. The molecule has 23 heavy (non-hydrogen) atoms. The summed E-state index contributed by atoms with van der Waals surface area (Å²) in [5.74, 6) is 1.56. The molecule has 2 N–H and O–H groups in total. The smallest absolute Gasteiger partial charge is 0.257 e. The number of benzene rings is 1. The number of nitrogens with one attached hydrogen (secondary N) is 2. The standard InChI is InChI=1S/C18H22N4O/c23-18(22-8-6-14-10-19-11-15(14)7-9-22)16-12-20-21-17(16)13-4-2-1-3-5-13/h1-5,12,14-15,19H,6-11H2,(H,20,21)/t14-,15+. The van der Waals surface area contributed by atoms with Crippen molar-refractivity contribution in [2.45, 2.75) is 12.8 Å². The summed E-state index contributed by atoms with van der Waals surface area (Å²) in [7, 11) is 0. The molecule has 0 spiro atoms. The van der Waals surface area contributed by atoms with E-state index in [1.807, 2.05) is 35.2 Å². The summed E-state index contributed by atoms with van der Waals surface area (Å²) >= 11 is 0. The lowest BCUT2D eigenvalue weighted by Gasteiger charge is -2.21. The molecule has 3 heterocycles. The number of fused-ring (bicyclic) bond motifs is 1. The number of carbonyl (C=O) groups excluding carboxylic acids is 1. The van der Waals surface area contributed by atoms with Crippen molar-refractivity contribution in [2.75, 3.05) is 26.2 Å². The summed E-state index contributed by atoms with van der Waals surface area (Å²) in [6.45, 7) is 3.91. The highest BCUT2D eigenvalue weighted by Crippen LogP contribution is 2.29. The van der Waals surface area contributed by atoms with Gasteiger partial charge in [-0.25, -0.2) is 0 Å². The third-order valence-corrected chi connectivity index (χ3v) is 5.24. The van der Waals surface area contributed by atoms with Crippen LogP contribution in [0.25, 0.3) is 11.3 Å². The first-order valence-electron chi connectivity index (χ1n) is 8.41. The fourth-order valence-electron chi connectivity index (χ4n) is 3.86. The van der Waals surface area contributed by atoms with Gasteiger partial charge in [0, 0.05) is 18.7 Å². The van der Waals surface area contributed by atoms with Gasteiger partial charge in [0.2, 0.25) is 0 Å². The predicted molar refractivity (Wildman–Crippen MR) is 89.0 cm³/mol. The molecule has 2 atom stereocenters. The maximum Gasteiger partial charge on any atom is 0.257 e. The monoisotopic (exact) mass is 310 g/mol. The van der Waals surface area contributed by atoms with Crippen LogP contribution >= 0.6 is 0 Å². The molecule has 2 aromatic rings. The van der Waals surface area contributed by atoms with E-state index in [2.05, 4.69) is 15.5 Å². The average molecular weight is 310 g/mol. The first kappa shape index (κ1) is 14.5. The van der Waals surface area contributed by atoms with Gasteiger partial charge >= 0.3 is 0 Å². The number of hydrogen-bond donors (Lipinski definition) is 2. The van der Waals surface area contributed by atoms with Gasteiger partial charge in [0.05, 0.1) is 17.5 Å². The molecule has 0 bridgehead atoms. The summed E-state index contributed by atoms with van der Waals surface area (Å²) in [6, 6.07) is 9.93. The normalized spacial score (nSPS) is 24.3. The Bertz CT molecular complexity index is 667. The molecule has 0 saturated carbocycles. The summed E-state index contributed by atoms with van der Waals surface area (Å²) in [5, 5.41) is 10.6. The lowest BCUT2D eigenvalue weighted by Crippen LogP contribution is -2.32. The topological polar surface area (TPSA) is 61.0 Å². The van der Waals surface area contributed by atoms with Gasteiger partial charge in [0.1, 0.15) is 0 Å². The molecule has 1 aromatic heterocycles. The molecule has 5 heteroatoms. The molecular formula is C18H22N4O. The van der Waals surface area contributed by atoms with E-state index in [0.29, 0.717) is 5.56 Å². The molecule has 4 rings (SSSR count). The number of carbonyl (C=O) groups is 1. The maximum atomic E-state index is 13.0. The largest absolute Gasteiger partial charge is 0.339 e. The SMILES string of the molecule is O=C(c1cn[nH]c1-c1ccccc1)N1CC[C@@H]2CNC[C@@H]2CC1. The third kappa shape index (κ3) is 2.77. The molecule has 1 amide bonds. The Labute approximate surface area is 136 Å². The van der Waals surface area contributed by atoms with E-state index >= 15 is 0 Å². The number of amides is 1. The Balaban J connectivity index is 1.55. The number of likely N-dealkylation sites (tertiary alicyclic amines) is 1. The van der Waals surface area contributed by atoms with E-state index in [-0.39, 0.29) is 5.91 Å². The minimum absolute atomic E-state index is 0.102. The summed E-state index contributed by atoms with van der Waals surface area (Å²) in [6.07, 6.45) is 3.86. The number of rotatable bonds is 2. The summed E-state index contributed by atoms with van der Waals surface area (Å²) in [5.41, 5.74) is 2.51. The van der Waals surface area contributed by atoms with Crippen LogP contribution in [-0.4, -0.2) is 47.2 Å². The van der Waals surface area contributed by atoms with Crippen LogP contribution < -0.4 is 5.32 Å². The molecule has 2 aliphatic rings. The van der Waals surface area contributed by atoms with Crippen LogP contribution in [0.15, 0.2) is 36.5 Å². The van der Waals surface area contributed by atoms with Gasteiger partial charge in [-0.05, 0) is 37.8 Å². The Hall–Kier alpha value is -2.14. The predicted octanol–water partition coefficient (Wildman–Crippen LogP) is 2.15. The van der Waals surface area contributed by atoms with E-state index in [9.17, 15) is 4.79 Å². The minimum Gasteiger partial charge on any atom is -0.339 e. The highest BCUT2D eigenvalue weighted by Gasteiger charge is 2.32. The van der Waals surface area contributed by atoms with E-state index in [1.165, 1.54) is 0 Å². The lowest BCUT2D eigenvalue weighted by molar-refractivity contribution is 0.0759. The highest BCUT2D eigenvalue weighted by molar-refractivity contribution is 5.99. The molecular weight excluding hydrogens is 288 g/mol. The Morgan fingerprint density at radius 1 is 1.09 bits per heavy atom. The molecule has 0 unspecified atom stereocenters. The number of nitrogens with zero attached hydrogens (tertiary/aromatic N) is 2. The first-order chi connectivity index (χ1) is 11.3. The van der Waals surface area contributed by atoms with Crippen molar-refractivity contribution in [3.63, 3.8) is 0 Å². The van der Waals surface area contributed by atoms with Gasteiger partial charge in [-0.2, -0.15) is 5.10 Å². The third-order valence-electron chi connectivity index (χ3n) is 5.24. The van der Waals surface area contributed by atoms with Crippen molar-refractivity contribution in [2.24, 2.45) is 11.8 Å². The zero-order valence-electron chi connectivity index (χ0n) is 13.2. The van der Waals surface area contributed by atoms with E-state index in [0.717, 1.165) is 62.1 Å². The molecule has 2 aliphatic heterocycles. The van der Waals surface area contributed by atoms with Crippen molar-refractivity contribution in [1.82, 2.24) is 20.4 Å². The van der Waals surface area contributed by atoms with Crippen molar-refractivity contribution in [3.05, 3.63) is 42.1 Å². The van der Waals surface area contributed by atoms with Gasteiger partial charge in [-0.15, -0.1) is 0 Å². The van der Waals surface area contributed by atoms with Crippen LogP contribution in [0.4, 0.5) is 0 Å². The zero-order valence-corrected chi connectivity index (χ0v) is 13.2. The molecule has 1 aromatic carbocycles. The molecule has 2 fully saturated rings. The van der Waals surface area contributed by atoms with Gasteiger partial charge in [-0.1, -0.05) is 30.3 Å². The Morgan fingerprint density at radius 2 is 1.78 bits per heavy atom. The van der Waals surface area contributed by atoms with Gasteiger partial charge < -0.3 is 10.2 Å². The highest BCUT2D eigenvalue weighted by atomic mass is 16.2. The number of aromatic amines is 1. The quantitative estimate of drug-likeness (QED) is 0.893. The summed E-state index contributed by atoms with van der Waals surface area (Å²) < 4.78 is 0. The fraction of sp³-hybridized carbons (Fsp3) is 0.444. The van der Waals surface area contributed by atoms with Crippen LogP contribution in [0.1, 0.15) is 23.2 Å². The second-order valence-corrected chi connectivity index (χ2v) is 6.57. The van der Waals surface area contributed by atoms with Crippen LogP contribution in [0.3, 0.4) is 0 Å². The second-order valence-electron chi connectivity index (χ2n) is 6.57. The number of hydrogen-bond acceptors (Lipinski definition) is 3. The molecule has 120 valence electrons. The molecule has 5 nitrogen and oxygen atoms in total. The Kier molecular flexibility index (Phi) is 3.87. The fourth-order valence-corrected chi connectivity index (χ4v) is 3.86. The van der Waals surface area contributed by atoms with Crippen molar-refractivity contribution in [3.8, 4) is 11.3 Å². The van der Waals surface area contributed by atoms with Crippen molar-refractivity contribution >= 4 is 5.91 Å². The number of aromatic nitrogens is 2. The average Bonchev–Trinajstić information content (AvgIpc) is 3.21. The molecule has 0 aliphatic carbocycles. The Morgan fingerprint density at radius 3 is 2.48 bits per heavy atom. The van der Waals surface area contributed by atoms with E-state index < -0.39 is 0 Å². The maximum absolute atomic E-state index is 13.0. The van der Waals surface area contributed by atoms with Crippen LogP contribution in [0.2, 0.25) is 0 Å². The first-order valence-corrected chi connectivity index (χ1v) is 8.41. The van der Waals surface area contributed by atoms with Gasteiger partial charge in [0.15, 0.2) is 0 Å². The minimum atomic E-state index is 0.102. The van der Waals surface area contributed by atoms with Crippen LogP contribution in [0, 0.1) is 11.8 Å². The van der Waals surface area contributed by atoms with Crippen molar-refractivity contribution in [1.29, 1.82) is 0 Å². The molecule has 0 radical (unpaired) electrons. The van der Waals surface area contributed by atoms with Crippen molar-refractivity contribution < 1.29 is 4.79 Å². The van der Waals surface area contributed by atoms with Crippen LogP contribution in [-0.2, 0) is 0 Å². The van der Waals surface area contributed by atoms with Gasteiger partial charge in [-0.3, -0.25) is 9.89 Å².